The van der Waals surface area contributed by atoms with Crippen molar-refractivity contribution in [1.29, 1.82) is 0 Å². The summed E-state index contributed by atoms with van der Waals surface area (Å²) in [7, 11) is 0. The molecule has 3 unspecified atom stereocenters. The Hall–Kier alpha value is -0.440. The first-order chi connectivity index (χ1) is 5.64. The molecule has 0 N–H and O–H groups in total. The second-order valence-corrected chi connectivity index (χ2v) is 3.58. The number of hydrogen-bond acceptors (Lipinski definition) is 2. The molecule has 0 amide bonds. The summed E-state index contributed by atoms with van der Waals surface area (Å²) in [6, 6.07) is 0. The van der Waals surface area contributed by atoms with E-state index in [4.69, 9.17) is 4.74 Å². The average molecular weight is 174 g/mol. The molecule has 0 spiro atoms. The maximum Gasteiger partial charge on any atom is 0.128 e. The molecule has 1 aliphatic heterocycles. The molecule has 70 valence electrons. The van der Waals surface area contributed by atoms with Gasteiger partial charge in [-0.1, -0.05) is 0 Å². The van der Waals surface area contributed by atoms with Crippen LogP contribution in [0.15, 0.2) is 0 Å². The number of ether oxygens (including phenoxy) is 1. The molecule has 2 nitrogen and oxygen atoms in total. The third kappa shape index (κ3) is 1.51. The summed E-state index contributed by atoms with van der Waals surface area (Å²) in [4.78, 5) is 10.8. The third-order valence-corrected chi connectivity index (χ3v) is 2.71. The minimum absolute atomic E-state index is 0.0803. The van der Waals surface area contributed by atoms with E-state index in [1.54, 1.807) is 0 Å². The van der Waals surface area contributed by atoms with Crippen LogP contribution in [-0.2, 0) is 9.53 Å². The minimum Gasteiger partial charge on any atom is -0.374 e. The number of carbonyl (C=O) groups is 1. The zero-order valence-corrected chi connectivity index (χ0v) is 7.55. The van der Waals surface area contributed by atoms with Crippen LogP contribution in [0.25, 0.3) is 0 Å². The Labute approximate surface area is 72.1 Å². The van der Waals surface area contributed by atoms with Crippen LogP contribution in [0.4, 0.5) is 4.39 Å². The van der Waals surface area contributed by atoms with Crippen LogP contribution in [0.3, 0.4) is 0 Å². The lowest BCUT2D eigenvalue weighted by molar-refractivity contribution is -0.119. The van der Waals surface area contributed by atoms with E-state index in [1.165, 1.54) is 0 Å². The summed E-state index contributed by atoms with van der Waals surface area (Å²) in [6.07, 6.45) is 1.75. The second kappa shape index (κ2) is 3.52. The summed E-state index contributed by atoms with van der Waals surface area (Å²) in [5, 5.41) is 0. The van der Waals surface area contributed by atoms with Crippen molar-refractivity contribution in [3.63, 3.8) is 0 Å². The number of hydrogen-bond donors (Lipinski definition) is 0. The van der Waals surface area contributed by atoms with Gasteiger partial charge in [0.05, 0.1) is 24.3 Å². The summed E-state index contributed by atoms with van der Waals surface area (Å²) in [6.45, 7) is 3.31. The Morgan fingerprint density at radius 3 is 2.67 bits per heavy atom. The third-order valence-electron chi connectivity index (χ3n) is 2.71. The smallest absolute Gasteiger partial charge is 0.128 e. The van der Waals surface area contributed by atoms with Gasteiger partial charge in [0.2, 0.25) is 0 Å². The fourth-order valence-corrected chi connectivity index (χ4v) is 1.92. The van der Waals surface area contributed by atoms with Crippen molar-refractivity contribution in [2.45, 2.75) is 38.9 Å². The maximum atomic E-state index is 12.2. The van der Waals surface area contributed by atoms with Gasteiger partial charge < -0.3 is 9.53 Å². The largest absolute Gasteiger partial charge is 0.374 e. The molecule has 3 heteroatoms. The molecule has 1 heterocycles. The SMILES string of the molecule is CC1CC(C=O)(CCF)C(C)O1. The molecule has 0 aliphatic carbocycles. The van der Waals surface area contributed by atoms with Crippen molar-refractivity contribution in [2.75, 3.05) is 6.67 Å². The minimum atomic E-state index is -0.561. The molecule has 1 saturated heterocycles. The van der Waals surface area contributed by atoms with E-state index in [-0.39, 0.29) is 12.2 Å². The van der Waals surface area contributed by atoms with E-state index in [0.717, 1.165) is 6.29 Å². The van der Waals surface area contributed by atoms with Crippen molar-refractivity contribution in [2.24, 2.45) is 5.41 Å². The van der Waals surface area contributed by atoms with Crippen LogP contribution in [0, 0.1) is 5.41 Å². The lowest BCUT2D eigenvalue weighted by atomic mass is 9.79. The molecule has 12 heavy (non-hydrogen) atoms. The first-order valence-corrected chi connectivity index (χ1v) is 4.32. The van der Waals surface area contributed by atoms with Crippen molar-refractivity contribution >= 4 is 6.29 Å². The predicted molar refractivity (Wildman–Crippen MR) is 43.7 cm³/mol. The van der Waals surface area contributed by atoms with Crippen LogP contribution in [0.2, 0.25) is 0 Å². The number of halogens is 1. The highest BCUT2D eigenvalue weighted by molar-refractivity contribution is 5.61. The molecular weight excluding hydrogens is 159 g/mol. The highest BCUT2D eigenvalue weighted by Gasteiger charge is 2.44. The quantitative estimate of drug-likeness (QED) is 0.609. The summed E-state index contributed by atoms with van der Waals surface area (Å²) in [5.41, 5.74) is -0.561. The lowest BCUT2D eigenvalue weighted by Crippen LogP contribution is -2.30. The maximum absolute atomic E-state index is 12.2. The summed E-state index contributed by atoms with van der Waals surface area (Å²) >= 11 is 0. The Balaban J connectivity index is 2.71. The Bertz CT molecular complexity index is 172. The first kappa shape index (κ1) is 9.65. The summed E-state index contributed by atoms with van der Waals surface area (Å²) < 4.78 is 17.6. The number of rotatable bonds is 3. The Morgan fingerprint density at radius 1 is 1.67 bits per heavy atom. The average Bonchev–Trinajstić information content (AvgIpc) is 2.28. The standard InChI is InChI=1S/C9H15FO2/c1-7-5-9(6-11,3-4-10)8(2)12-7/h6-8H,3-5H2,1-2H3. The molecule has 1 fully saturated rings. The van der Waals surface area contributed by atoms with E-state index in [9.17, 15) is 9.18 Å². The Kier molecular flexibility index (Phi) is 2.83. The number of carbonyl (C=O) groups excluding carboxylic acids is 1. The molecular formula is C9H15FO2. The second-order valence-electron chi connectivity index (χ2n) is 3.58. The van der Waals surface area contributed by atoms with Gasteiger partial charge in [-0.3, -0.25) is 4.39 Å². The number of alkyl halides is 1. The lowest BCUT2D eigenvalue weighted by Gasteiger charge is -2.23. The van der Waals surface area contributed by atoms with Crippen molar-refractivity contribution in [3.8, 4) is 0 Å². The van der Waals surface area contributed by atoms with Crippen molar-refractivity contribution in [3.05, 3.63) is 0 Å². The van der Waals surface area contributed by atoms with Crippen LogP contribution < -0.4 is 0 Å². The normalized spacial score (nSPS) is 41.6. The molecule has 1 aliphatic rings. The van der Waals surface area contributed by atoms with Crippen LogP contribution >= 0.6 is 0 Å². The zero-order chi connectivity index (χ0) is 9.19. The molecule has 0 bridgehead atoms. The van der Waals surface area contributed by atoms with Crippen molar-refractivity contribution in [1.82, 2.24) is 0 Å². The van der Waals surface area contributed by atoms with E-state index in [1.807, 2.05) is 13.8 Å². The van der Waals surface area contributed by atoms with Gasteiger partial charge in [-0.2, -0.15) is 0 Å². The molecule has 0 saturated carbocycles. The van der Waals surface area contributed by atoms with Gasteiger partial charge >= 0.3 is 0 Å². The zero-order valence-electron chi connectivity index (χ0n) is 7.55. The monoisotopic (exact) mass is 174 g/mol. The van der Waals surface area contributed by atoms with Crippen molar-refractivity contribution < 1.29 is 13.9 Å². The van der Waals surface area contributed by atoms with Crippen LogP contribution in [0.1, 0.15) is 26.7 Å². The molecule has 0 radical (unpaired) electrons. The van der Waals surface area contributed by atoms with Gasteiger partial charge in [-0.05, 0) is 26.7 Å². The van der Waals surface area contributed by atoms with Gasteiger partial charge in [0.25, 0.3) is 0 Å². The Morgan fingerprint density at radius 2 is 2.33 bits per heavy atom. The molecule has 3 atom stereocenters. The van der Waals surface area contributed by atoms with E-state index in [2.05, 4.69) is 0 Å². The van der Waals surface area contributed by atoms with Gasteiger partial charge in [-0.25, -0.2) is 0 Å². The molecule has 0 aromatic carbocycles. The number of aldehydes is 1. The fourth-order valence-electron chi connectivity index (χ4n) is 1.92. The fraction of sp³-hybridized carbons (Fsp3) is 0.889. The van der Waals surface area contributed by atoms with Crippen LogP contribution in [0.5, 0.6) is 0 Å². The van der Waals surface area contributed by atoms with E-state index in [0.29, 0.717) is 12.8 Å². The highest BCUT2D eigenvalue weighted by atomic mass is 19.1. The van der Waals surface area contributed by atoms with Gasteiger partial charge in [0.15, 0.2) is 0 Å². The highest BCUT2D eigenvalue weighted by Crippen LogP contribution is 2.39. The van der Waals surface area contributed by atoms with Gasteiger partial charge in [0.1, 0.15) is 6.29 Å². The first-order valence-electron chi connectivity index (χ1n) is 4.32. The predicted octanol–water partition coefficient (Wildman–Crippen LogP) is 1.73. The summed E-state index contributed by atoms with van der Waals surface area (Å²) in [5.74, 6) is 0. The molecule has 0 aromatic rings. The van der Waals surface area contributed by atoms with Gasteiger partial charge in [0, 0.05) is 0 Å². The molecule has 0 aromatic heterocycles. The topological polar surface area (TPSA) is 26.3 Å². The molecule has 1 rings (SSSR count). The van der Waals surface area contributed by atoms with E-state index >= 15 is 0 Å². The van der Waals surface area contributed by atoms with E-state index < -0.39 is 12.1 Å². The van der Waals surface area contributed by atoms with Crippen LogP contribution in [-0.4, -0.2) is 25.2 Å². The van der Waals surface area contributed by atoms with Gasteiger partial charge in [-0.15, -0.1) is 0 Å².